The van der Waals surface area contributed by atoms with Crippen LogP contribution in [0.25, 0.3) is 22.4 Å². The first-order valence-electron chi connectivity index (χ1n) is 8.97. The van der Waals surface area contributed by atoms with Crippen molar-refractivity contribution in [3.63, 3.8) is 0 Å². The third-order valence-electron chi connectivity index (χ3n) is 4.54. The summed E-state index contributed by atoms with van der Waals surface area (Å²) in [5, 5.41) is 0. The Labute approximate surface area is 157 Å². The lowest BCUT2D eigenvalue weighted by atomic mass is 10.2. The summed E-state index contributed by atoms with van der Waals surface area (Å²) >= 11 is 0. The van der Waals surface area contributed by atoms with Crippen molar-refractivity contribution in [2.45, 2.75) is 6.92 Å². The summed E-state index contributed by atoms with van der Waals surface area (Å²) in [6.07, 6.45) is 3.49. The van der Waals surface area contributed by atoms with Gasteiger partial charge in [0.15, 0.2) is 11.2 Å². The van der Waals surface area contributed by atoms with Gasteiger partial charge in [-0.25, -0.2) is 15.0 Å². The Hall–Kier alpha value is -3.07. The fourth-order valence-corrected chi connectivity index (χ4v) is 3.06. The molecule has 1 saturated heterocycles. The zero-order chi connectivity index (χ0) is 18.8. The third kappa shape index (κ3) is 3.59. The predicted molar refractivity (Wildman–Crippen MR) is 104 cm³/mol. The summed E-state index contributed by atoms with van der Waals surface area (Å²) in [6, 6.07) is 3.97. The molecule has 3 aromatic heterocycles. The highest BCUT2D eigenvalue weighted by Crippen LogP contribution is 2.26. The van der Waals surface area contributed by atoms with Crippen LogP contribution in [0.5, 0.6) is 5.88 Å². The van der Waals surface area contributed by atoms with Gasteiger partial charge in [-0.2, -0.15) is 9.97 Å². The molecule has 1 aliphatic heterocycles. The molecule has 1 aliphatic rings. The van der Waals surface area contributed by atoms with Crippen LogP contribution in [0.1, 0.15) is 6.92 Å². The normalized spacial score (nSPS) is 15.3. The van der Waals surface area contributed by atoms with Crippen LogP contribution in [0.3, 0.4) is 0 Å². The van der Waals surface area contributed by atoms with Gasteiger partial charge in [0.2, 0.25) is 11.8 Å². The molecular formula is C18H22N8O. The fraction of sp³-hybridized carbons (Fsp3) is 0.389. The molecule has 4 heterocycles. The van der Waals surface area contributed by atoms with Crippen molar-refractivity contribution in [1.29, 1.82) is 0 Å². The molecule has 0 aliphatic carbocycles. The van der Waals surface area contributed by atoms with E-state index in [-0.39, 0.29) is 5.95 Å². The molecule has 0 unspecified atom stereocenters. The van der Waals surface area contributed by atoms with Crippen LogP contribution < -0.4 is 15.4 Å². The molecule has 3 aromatic rings. The average molecular weight is 366 g/mol. The lowest BCUT2D eigenvalue weighted by molar-refractivity contribution is 0.312. The van der Waals surface area contributed by atoms with Crippen molar-refractivity contribution in [2.75, 3.05) is 50.5 Å². The van der Waals surface area contributed by atoms with Gasteiger partial charge in [-0.3, -0.25) is 0 Å². The SMILES string of the molecule is CCOc1nc(N)nc2ncc(-c3ccnc(N4CCN(C)CC4)c3)nc12. The number of ether oxygens (including phenoxy) is 1. The number of pyridine rings is 1. The van der Waals surface area contributed by atoms with E-state index in [1.54, 1.807) is 12.4 Å². The quantitative estimate of drug-likeness (QED) is 0.729. The maximum absolute atomic E-state index is 5.73. The summed E-state index contributed by atoms with van der Waals surface area (Å²) < 4.78 is 5.56. The lowest BCUT2D eigenvalue weighted by Crippen LogP contribution is -2.44. The van der Waals surface area contributed by atoms with Crippen LogP contribution in [-0.4, -0.2) is 69.7 Å². The highest BCUT2D eigenvalue weighted by Gasteiger charge is 2.17. The highest BCUT2D eigenvalue weighted by atomic mass is 16.5. The Morgan fingerprint density at radius 1 is 1.11 bits per heavy atom. The number of anilines is 2. The number of hydrogen-bond donors (Lipinski definition) is 1. The molecule has 2 N–H and O–H groups in total. The third-order valence-corrected chi connectivity index (χ3v) is 4.54. The van der Waals surface area contributed by atoms with Gasteiger partial charge in [-0.05, 0) is 26.1 Å². The van der Waals surface area contributed by atoms with E-state index in [1.807, 2.05) is 19.1 Å². The Kier molecular flexibility index (Phi) is 4.68. The first-order valence-corrected chi connectivity index (χ1v) is 8.97. The molecule has 9 heteroatoms. The number of nitrogens with zero attached hydrogens (tertiary/aromatic N) is 7. The summed E-state index contributed by atoms with van der Waals surface area (Å²) in [5.41, 5.74) is 8.30. The van der Waals surface area contributed by atoms with Crippen LogP contribution in [0, 0.1) is 0 Å². The van der Waals surface area contributed by atoms with Crippen molar-refractivity contribution in [3.05, 3.63) is 24.5 Å². The second-order valence-corrected chi connectivity index (χ2v) is 6.44. The summed E-state index contributed by atoms with van der Waals surface area (Å²) in [5.74, 6) is 1.41. The highest BCUT2D eigenvalue weighted by molar-refractivity contribution is 5.79. The van der Waals surface area contributed by atoms with Gasteiger partial charge in [0.25, 0.3) is 0 Å². The lowest BCUT2D eigenvalue weighted by Gasteiger charge is -2.33. The standard InChI is InChI=1S/C18H22N8O/c1-3-27-17-15-16(23-18(19)24-17)21-11-13(22-15)12-4-5-20-14(10-12)26-8-6-25(2)7-9-26/h4-5,10-11H,3,6-9H2,1-2H3,(H2,19,21,23,24). The Morgan fingerprint density at radius 3 is 2.70 bits per heavy atom. The molecule has 1 fully saturated rings. The van der Waals surface area contributed by atoms with Crippen LogP contribution in [0.15, 0.2) is 24.5 Å². The first-order chi connectivity index (χ1) is 13.1. The number of nitrogens with two attached hydrogens (primary N) is 1. The topological polar surface area (TPSA) is 106 Å². The molecular weight excluding hydrogens is 344 g/mol. The molecule has 0 aromatic carbocycles. The largest absolute Gasteiger partial charge is 0.476 e. The molecule has 4 rings (SSSR count). The van der Waals surface area contributed by atoms with Crippen LogP contribution in [0.2, 0.25) is 0 Å². The number of fused-ring (bicyclic) bond motifs is 1. The Bertz CT molecular complexity index is 955. The molecule has 0 spiro atoms. The fourth-order valence-electron chi connectivity index (χ4n) is 3.06. The van der Waals surface area contributed by atoms with E-state index in [9.17, 15) is 0 Å². The van der Waals surface area contributed by atoms with Gasteiger partial charge in [-0.15, -0.1) is 0 Å². The molecule has 0 radical (unpaired) electrons. The number of piperazine rings is 1. The number of hydrogen-bond acceptors (Lipinski definition) is 9. The van der Waals surface area contributed by atoms with Gasteiger partial charge in [-0.1, -0.05) is 0 Å². The van der Waals surface area contributed by atoms with Crippen LogP contribution in [0.4, 0.5) is 11.8 Å². The minimum atomic E-state index is 0.120. The number of aromatic nitrogens is 5. The van der Waals surface area contributed by atoms with Crippen molar-refractivity contribution in [3.8, 4) is 17.1 Å². The van der Waals surface area contributed by atoms with Crippen molar-refractivity contribution in [1.82, 2.24) is 29.8 Å². The average Bonchev–Trinajstić information content (AvgIpc) is 2.68. The maximum atomic E-state index is 5.73. The number of nitrogen functional groups attached to an aromatic ring is 1. The second-order valence-electron chi connectivity index (χ2n) is 6.44. The smallest absolute Gasteiger partial charge is 0.247 e. The zero-order valence-corrected chi connectivity index (χ0v) is 15.5. The van der Waals surface area contributed by atoms with Crippen molar-refractivity contribution in [2.24, 2.45) is 0 Å². The van der Waals surface area contributed by atoms with Gasteiger partial charge < -0.3 is 20.3 Å². The molecule has 0 bridgehead atoms. The summed E-state index contributed by atoms with van der Waals surface area (Å²) in [6.45, 7) is 6.30. The van der Waals surface area contributed by atoms with Crippen molar-refractivity contribution < 1.29 is 4.74 Å². The van der Waals surface area contributed by atoms with E-state index in [1.165, 1.54) is 0 Å². The zero-order valence-electron chi connectivity index (χ0n) is 15.5. The van der Waals surface area contributed by atoms with E-state index >= 15 is 0 Å². The van der Waals surface area contributed by atoms with E-state index in [0.29, 0.717) is 23.7 Å². The predicted octanol–water partition coefficient (Wildman–Crippen LogP) is 1.21. The van der Waals surface area contributed by atoms with E-state index in [4.69, 9.17) is 10.5 Å². The van der Waals surface area contributed by atoms with Gasteiger partial charge in [0, 0.05) is 37.9 Å². The molecule has 0 saturated carbocycles. The molecule has 0 amide bonds. The first kappa shape index (κ1) is 17.3. The Morgan fingerprint density at radius 2 is 1.93 bits per heavy atom. The number of rotatable bonds is 4. The van der Waals surface area contributed by atoms with E-state index in [0.717, 1.165) is 43.3 Å². The molecule has 27 heavy (non-hydrogen) atoms. The van der Waals surface area contributed by atoms with Crippen LogP contribution >= 0.6 is 0 Å². The molecule has 0 atom stereocenters. The summed E-state index contributed by atoms with van der Waals surface area (Å²) in [7, 11) is 2.14. The number of likely N-dealkylation sites (N-methyl/N-ethyl adjacent to an activating group) is 1. The Balaban J connectivity index is 1.71. The molecule has 9 nitrogen and oxygen atoms in total. The van der Waals surface area contributed by atoms with E-state index < -0.39 is 0 Å². The van der Waals surface area contributed by atoms with Crippen LogP contribution in [-0.2, 0) is 0 Å². The minimum absolute atomic E-state index is 0.120. The monoisotopic (exact) mass is 366 g/mol. The second kappa shape index (κ2) is 7.28. The van der Waals surface area contributed by atoms with Crippen molar-refractivity contribution >= 4 is 22.9 Å². The minimum Gasteiger partial charge on any atom is -0.476 e. The van der Waals surface area contributed by atoms with Gasteiger partial charge in [0.1, 0.15) is 5.82 Å². The van der Waals surface area contributed by atoms with Gasteiger partial charge >= 0.3 is 0 Å². The van der Waals surface area contributed by atoms with E-state index in [2.05, 4.69) is 41.8 Å². The maximum Gasteiger partial charge on any atom is 0.247 e. The summed E-state index contributed by atoms with van der Waals surface area (Å²) in [4.78, 5) is 26.5. The van der Waals surface area contributed by atoms with Gasteiger partial charge in [0.05, 0.1) is 18.5 Å². The molecule has 140 valence electrons.